The number of nitriles is 1. The lowest BCUT2D eigenvalue weighted by Gasteiger charge is -2.08. The number of H-pyrrole nitrogens is 1. The first kappa shape index (κ1) is 10.4. The lowest BCUT2D eigenvalue weighted by atomic mass is 9.96. The summed E-state index contributed by atoms with van der Waals surface area (Å²) in [4.78, 5) is 3.28. The summed E-state index contributed by atoms with van der Waals surface area (Å²) >= 11 is 0. The van der Waals surface area contributed by atoms with E-state index in [4.69, 9.17) is 11.0 Å². The quantitative estimate of drug-likeness (QED) is 0.783. The first-order valence-electron chi connectivity index (χ1n) is 6.04. The molecule has 3 heteroatoms. The van der Waals surface area contributed by atoms with Crippen LogP contribution in [0.2, 0.25) is 0 Å². The fourth-order valence-corrected chi connectivity index (χ4v) is 2.85. The van der Waals surface area contributed by atoms with Gasteiger partial charge in [-0.15, -0.1) is 0 Å². The molecule has 1 heterocycles. The third-order valence-electron chi connectivity index (χ3n) is 3.76. The number of aromatic amines is 1. The molecule has 1 fully saturated rings. The predicted octanol–water partition coefficient (Wildman–Crippen LogP) is 2.63. The molecule has 3 rings (SSSR count). The van der Waals surface area contributed by atoms with E-state index in [1.165, 1.54) is 10.9 Å². The third-order valence-corrected chi connectivity index (χ3v) is 3.76. The Morgan fingerprint density at radius 2 is 2.24 bits per heavy atom. The molecule has 17 heavy (non-hydrogen) atoms. The van der Waals surface area contributed by atoms with Crippen LogP contribution in [0.3, 0.4) is 0 Å². The van der Waals surface area contributed by atoms with Crippen molar-refractivity contribution in [3.05, 3.63) is 35.5 Å². The summed E-state index contributed by atoms with van der Waals surface area (Å²) in [6, 6.07) is 8.34. The van der Waals surface area contributed by atoms with Gasteiger partial charge in [-0.25, -0.2) is 0 Å². The van der Waals surface area contributed by atoms with Gasteiger partial charge in [0.25, 0.3) is 0 Å². The minimum Gasteiger partial charge on any atom is -0.361 e. The van der Waals surface area contributed by atoms with E-state index in [1.807, 2.05) is 18.2 Å². The first-order valence-corrected chi connectivity index (χ1v) is 6.04. The van der Waals surface area contributed by atoms with Crippen LogP contribution in [0.5, 0.6) is 0 Å². The monoisotopic (exact) mass is 225 g/mol. The van der Waals surface area contributed by atoms with Crippen LogP contribution in [0, 0.1) is 11.3 Å². The van der Waals surface area contributed by atoms with Crippen LogP contribution in [0.1, 0.15) is 36.3 Å². The molecule has 3 nitrogen and oxygen atoms in total. The SMILES string of the molecule is N#Cc1ccc2[nH]cc([C@H]3CCC(N)C3)c2c1. The van der Waals surface area contributed by atoms with Gasteiger partial charge in [0.15, 0.2) is 0 Å². The largest absolute Gasteiger partial charge is 0.361 e. The smallest absolute Gasteiger partial charge is 0.0991 e. The van der Waals surface area contributed by atoms with E-state index in [9.17, 15) is 0 Å². The average molecular weight is 225 g/mol. The summed E-state index contributed by atoms with van der Waals surface area (Å²) in [5, 5.41) is 10.1. The molecule has 1 saturated carbocycles. The van der Waals surface area contributed by atoms with Crippen molar-refractivity contribution in [1.29, 1.82) is 5.26 Å². The zero-order valence-electron chi connectivity index (χ0n) is 9.61. The van der Waals surface area contributed by atoms with E-state index in [-0.39, 0.29) is 0 Å². The van der Waals surface area contributed by atoms with E-state index in [2.05, 4.69) is 17.3 Å². The number of hydrogen-bond acceptors (Lipinski definition) is 2. The minimum absolute atomic E-state index is 0.337. The highest BCUT2D eigenvalue weighted by Crippen LogP contribution is 2.37. The number of benzene rings is 1. The fraction of sp³-hybridized carbons (Fsp3) is 0.357. The van der Waals surface area contributed by atoms with E-state index in [0.29, 0.717) is 12.0 Å². The Balaban J connectivity index is 2.08. The maximum Gasteiger partial charge on any atom is 0.0991 e. The van der Waals surface area contributed by atoms with E-state index in [0.717, 1.165) is 30.3 Å². The van der Waals surface area contributed by atoms with Gasteiger partial charge in [0.1, 0.15) is 0 Å². The Labute approximate surface area is 100 Å². The Morgan fingerprint density at radius 1 is 1.35 bits per heavy atom. The molecular formula is C14H15N3. The van der Waals surface area contributed by atoms with Crippen molar-refractivity contribution < 1.29 is 0 Å². The van der Waals surface area contributed by atoms with Gasteiger partial charge in [-0.05, 0) is 48.9 Å². The fourth-order valence-electron chi connectivity index (χ4n) is 2.85. The highest BCUT2D eigenvalue weighted by Gasteiger charge is 2.25. The second-order valence-electron chi connectivity index (χ2n) is 4.89. The second-order valence-corrected chi connectivity index (χ2v) is 4.89. The first-order chi connectivity index (χ1) is 8.28. The molecule has 1 aromatic carbocycles. The van der Waals surface area contributed by atoms with Gasteiger partial charge >= 0.3 is 0 Å². The van der Waals surface area contributed by atoms with Crippen LogP contribution in [-0.4, -0.2) is 11.0 Å². The molecule has 0 amide bonds. The maximum absolute atomic E-state index is 8.95. The zero-order chi connectivity index (χ0) is 11.8. The predicted molar refractivity (Wildman–Crippen MR) is 67.6 cm³/mol. The number of fused-ring (bicyclic) bond motifs is 1. The molecule has 1 aliphatic rings. The van der Waals surface area contributed by atoms with E-state index in [1.54, 1.807) is 0 Å². The Hall–Kier alpha value is -1.79. The maximum atomic E-state index is 8.95. The standard InChI is InChI=1S/C14H15N3/c15-7-9-1-4-14-12(5-9)13(8-17-14)10-2-3-11(16)6-10/h1,4-5,8,10-11,17H,2-3,6,16H2/t10-,11?/m0/s1. The van der Waals surface area contributed by atoms with Crippen molar-refractivity contribution in [3.63, 3.8) is 0 Å². The summed E-state index contributed by atoms with van der Waals surface area (Å²) in [7, 11) is 0. The second kappa shape index (κ2) is 3.90. The molecular weight excluding hydrogens is 210 g/mol. The molecule has 0 radical (unpaired) electrons. The van der Waals surface area contributed by atoms with Crippen LogP contribution in [0.4, 0.5) is 0 Å². The minimum atomic E-state index is 0.337. The molecule has 1 aromatic heterocycles. The molecule has 1 aliphatic carbocycles. The van der Waals surface area contributed by atoms with Crippen molar-refractivity contribution in [2.75, 3.05) is 0 Å². The van der Waals surface area contributed by atoms with Gasteiger partial charge in [0, 0.05) is 23.1 Å². The van der Waals surface area contributed by atoms with E-state index >= 15 is 0 Å². The van der Waals surface area contributed by atoms with Gasteiger partial charge in [-0.1, -0.05) is 0 Å². The Kier molecular flexibility index (Phi) is 2.38. The van der Waals surface area contributed by atoms with Gasteiger partial charge in [0.2, 0.25) is 0 Å². The topological polar surface area (TPSA) is 65.6 Å². The van der Waals surface area contributed by atoms with Crippen LogP contribution in [0.25, 0.3) is 10.9 Å². The molecule has 0 spiro atoms. The number of aromatic nitrogens is 1. The molecule has 0 aliphatic heterocycles. The zero-order valence-corrected chi connectivity index (χ0v) is 9.61. The molecule has 1 unspecified atom stereocenters. The van der Waals surface area contributed by atoms with Gasteiger partial charge < -0.3 is 10.7 Å². The number of hydrogen-bond donors (Lipinski definition) is 2. The average Bonchev–Trinajstić information content (AvgIpc) is 2.93. The van der Waals surface area contributed by atoms with Crippen molar-refractivity contribution in [2.24, 2.45) is 5.73 Å². The number of nitrogens with two attached hydrogens (primary N) is 1. The summed E-state index contributed by atoms with van der Waals surface area (Å²) in [6.07, 6.45) is 5.40. The molecule has 2 aromatic rings. The summed E-state index contributed by atoms with van der Waals surface area (Å²) < 4.78 is 0. The number of nitrogens with zero attached hydrogens (tertiary/aromatic N) is 1. The van der Waals surface area contributed by atoms with E-state index < -0.39 is 0 Å². The molecule has 0 bridgehead atoms. The van der Waals surface area contributed by atoms with Crippen LogP contribution in [-0.2, 0) is 0 Å². The molecule has 0 saturated heterocycles. The van der Waals surface area contributed by atoms with Crippen molar-refractivity contribution in [3.8, 4) is 6.07 Å². The van der Waals surface area contributed by atoms with Gasteiger partial charge in [-0.2, -0.15) is 5.26 Å². The van der Waals surface area contributed by atoms with Crippen LogP contribution in [0.15, 0.2) is 24.4 Å². The molecule has 2 atom stereocenters. The van der Waals surface area contributed by atoms with Crippen LogP contribution >= 0.6 is 0 Å². The summed E-state index contributed by atoms with van der Waals surface area (Å²) in [6.45, 7) is 0. The number of nitrogens with one attached hydrogen (secondary N) is 1. The molecule has 3 N–H and O–H groups in total. The van der Waals surface area contributed by atoms with Gasteiger partial charge in [0.05, 0.1) is 11.6 Å². The highest BCUT2D eigenvalue weighted by molar-refractivity contribution is 5.85. The van der Waals surface area contributed by atoms with Gasteiger partial charge in [-0.3, -0.25) is 0 Å². The van der Waals surface area contributed by atoms with Crippen LogP contribution < -0.4 is 5.73 Å². The Morgan fingerprint density at radius 3 is 2.94 bits per heavy atom. The van der Waals surface area contributed by atoms with Crippen molar-refractivity contribution in [2.45, 2.75) is 31.2 Å². The summed E-state index contributed by atoms with van der Waals surface area (Å²) in [5.74, 6) is 0.549. The molecule has 86 valence electrons. The van der Waals surface area contributed by atoms with Crippen molar-refractivity contribution >= 4 is 10.9 Å². The summed E-state index contributed by atoms with van der Waals surface area (Å²) in [5.41, 5.74) is 9.13. The number of rotatable bonds is 1. The Bertz CT molecular complexity index is 591. The lowest BCUT2D eigenvalue weighted by molar-refractivity contribution is 0.677. The highest BCUT2D eigenvalue weighted by atomic mass is 14.7. The van der Waals surface area contributed by atoms with Crippen molar-refractivity contribution in [1.82, 2.24) is 4.98 Å². The normalized spacial score (nSPS) is 24.0. The lowest BCUT2D eigenvalue weighted by Crippen LogP contribution is -2.14. The third kappa shape index (κ3) is 1.71.